The summed E-state index contributed by atoms with van der Waals surface area (Å²) < 4.78 is 72.4. The zero-order chi connectivity index (χ0) is 43.6. The fraction of sp³-hybridized carbons (Fsp3) is 0.468. The van der Waals surface area contributed by atoms with Crippen LogP contribution in [0.4, 0.5) is 13.2 Å². The third-order valence-corrected chi connectivity index (χ3v) is 17.9. The molecular weight excluding hydrogens is 804 g/mol. The lowest BCUT2D eigenvalue weighted by molar-refractivity contribution is -0.139. The normalized spacial score (nSPS) is 23.2. The number of nitrogens with zero attached hydrogens (tertiary/aromatic N) is 3. The van der Waals surface area contributed by atoms with E-state index in [1.54, 1.807) is 14.1 Å². The highest BCUT2D eigenvalue weighted by molar-refractivity contribution is 6.74. The van der Waals surface area contributed by atoms with Crippen LogP contribution in [0.5, 0.6) is 11.6 Å². The largest absolute Gasteiger partial charge is 0.508 e. The van der Waals surface area contributed by atoms with Crippen LogP contribution in [-0.2, 0) is 36.8 Å². The molecule has 10 nitrogen and oxygen atoms in total. The number of carbonyl (C=O) groups excluding carboxylic acids is 2. The summed E-state index contributed by atoms with van der Waals surface area (Å²) in [5, 5.41) is 16.8. The Morgan fingerprint density at radius 2 is 1.54 bits per heavy atom. The van der Waals surface area contributed by atoms with Gasteiger partial charge in [0.25, 0.3) is 5.88 Å². The fourth-order valence-electron chi connectivity index (χ4n) is 9.59. The molecule has 4 atom stereocenters. The first-order valence-electron chi connectivity index (χ1n) is 21.0. The minimum Gasteiger partial charge on any atom is -0.508 e. The number of halogens is 3. The van der Waals surface area contributed by atoms with Crippen LogP contribution in [0, 0.1) is 11.8 Å². The maximum Gasteiger partial charge on any atom is 0.417 e. The number of rotatable bonds is 11. The number of ketones is 2. The lowest BCUT2D eigenvalue weighted by Crippen LogP contribution is -2.65. The summed E-state index contributed by atoms with van der Waals surface area (Å²) >= 11 is 0. The summed E-state index contributed by atoms with van der Waals surface area (Å²) in [4.78, 5) is 34.8. The highest BCUT2D eigenvalue weighted by atomic mass is 28.4. The van der Waals surface area contributed by atoms with E-state index in [1.165, 1.54) is 6.07 Å². The molecule has 3 aromatic carbocycles. The number of likely N-dealkylation sites (tertiary alicyclic amines) is 1. The van der Waals surface area contributed by atoms with E-state index in [0.717, 1.165) is 24.0 Å². The molecule has 324 valence electrons. The molecule has 61 heavy (non-hydrogen) atoms. The van der Waals surface area contributed by atoms with Crippen LogP contribution >= 0.6 is 0 Å². The average molecular weight is 858 g/mol. The third kappa shape index (κ3) is 7.52. The Kier molecular flexibility index (Phi) is 11.2. The van der Waals surface area contributed by atoms with E-state index in [1.807, 2.05) is 104 Å². The molecule has 1 saturated heterocycles. The molecule has 0 amide bonds. The predicted octanol–water partition coefficient (Wildman–Crippen LogP) is 9.89. The lowest BCUT2D eigenvalue weighted by Gasteiger charge is -2.55. The number of benzene rings is 3. The van der Waals surface area contributed by atoms with Crippen molar-refractivity contribution in [2.24, 2.45) is 11.8 Å². The molecule has 3 aliphatic carbocycles. The summed E-state index contributed by atoms with van der Waals surface area (Å²) in [6.07, 6.45) is -3.22. The standard InChI is InChI=1S/C47H54F3N3O7Si/c1-45(2,3)61(6,7)60-46-33(39(52(4)5)41-37(43(46)56)44(51-59-41)58-27-29-18-12-9-13-19-29)23-30-22-32-36(40(54)35(30)42(46)55)34(57-26-28-16-10-8-11-17-28)24-31(38(32)47(48,49)50)25-53-20-14-15-21-53/h8-13,16-19,24,30,33,39,55H,14-15,20-23,25-27H2,1-7H3/t30-,33-,39-,46-/m0/s1. The molecular formula is C47H54F3N3O7Si. The van der Waals surface area contributed by atoms with Gasteiger partial charge in [0.1, 0.15) is 30.3 Å². The van der Waals surface area contributed by atoms with Gasteiger partial charge in [-0.15, -0.1) is 0 Å². The number of aliphatic hydroxyl groups excluding tert-OH is 1. The van der Waals surface area contributed by atoms with Crippen molar-refractivity contribution in [3.05, 3.63) is 123 Å². The number of aromatic nitrogens is 1. The second-order valence-corrected chi connectivity index (χ2v) is 23.4. The van der Waals surface area contributed by atoms with E-state index in [2.05, 4.69) is 5.16 Å². The van der Waals surface area contributed by atoms with Crippen molar-refractivity contribution < 1.29 is 46.3 Å². The number of Topliss-reactive ketones (excluding diaryl/α,β-unsaturated/α-hetero) is 2. The zero-order valence-electron chi connectivity index (χ0n) is 35.8. The van der Waals surface area contributed by atoms with Crippen molar-refractivity contribution >= 4 is 19.9 Å². The van der Waals surface area contributed by atoms with Crippen LogP contribution in [-0.4, -0.2) is 72.7 Å². The van der Waals surface area contributed by atoms with Gasteiger partial charge in [0.2, 0.25) is 5.78 Å². The first kappa shape index (κ1) is 42.9. The van der Waals surface area contributed by atoms with E-state index in [9.17, 15) is 5.11 Å². The second kappa shape index (κ2) is 15.9. The van der Waals surface area contributed by atoms with Crippen LogP contribution in [0.3, 0.4) is 0 Å². The van der Waals surface area contributed by atoms with E-state index < -0.39 is 65.9 Å². The third-order valence-electron chi connectivity index (χ3n) is 13.5. The second-order valence-electron chi connectivity index (χ2n) is 18.7. The Bertz CT molecular complexity index is 2350. The maximum absolute atomic E-state index is 15.6. The lowest BCUT2D eigenvalue weighted by atomic mass is 9.58. The van der Waals surface area contributed by atoms with Gasteiger partial charge in [0, 0.05) is 18.0 Å². The molecule has 4 aliphatic rings. The van der Waals surface area contributed by atoms with Crippen LogP contribution in [0.2, 0.25) is 18.1 Å². The molecule has 4 aromatic rings. The quantitative estimate of drug-likeness (QED) is 0.146. The Labute approximate surface area is 355 Å². The molecule has 0 bridgehead atoms. The Hall–Kier alpha value is -4.76. The molecule has 1 aromatic heterocycles. The minimum absolute atomic E-state index is 0.00311. The molecule has 0 radical (unpaired) electrons. The number of ether oxygens (including phenoxy) is 2. The van der Waals surface area contributed by atoms with E-state index in [-0.39, 0.29) is 77.8 Å². The van der Waals surface area contributed by atoms with Crippen molar-refractivity contribution in [2.75, 3.05) is 27.2 Å². The number of fused-ring (bicyclic) bond motifs is 4. The van der Waals surface area contributed by atoms with Crippen LogP contribution < -0.4 is 9.47 Å². The highest BCUT2D eigenvalue weighted by Gasteiger charge is 2.67. The van der Waals surface area contributed by atoms with Crippen LogP contribution in [0.25, 0.3) is 0 Å². The molecule has 1 fully saturated rings. The van der Waals surface area contributed by atoms with Gasteiger partial charge in [-0.05, 0) is 110 Å². The van der Waals surface area contributed by atoms with Crippen molar-refractivity contribution in [3.63, 3.8) is 0 Å². The number of aliphatic hydroxyl groups is 1. The zero-order valence-corrected chi connectivity index (χ0v) is 36.8. The van der Waals surface area contributed by atoms with Gasteiger partial charge in [0.05, 0.1) is 17.2 Å². The van der Waals surface area contributed by atoms with E-state index in [4.69, 9.17) is 18.4 Å². The van der Waals surface area contributed by atoms with Crippen LogP contribution in [0.1, 0.15) is 100 Å². The molecule has 1 N–H and O–H groups in total. The minimum atomic E-state index is -4.80. The van der Waals surface area contributed by atoms with Crippen molar-refractivity contribution in [3.8, 4) is 11.6 Å². The van der Waals surface area contributed by atoms with Gasteiger partial charge in [-0.2, -0.15) is 13.2 Å². The van der Waals surface area contributed by atoms with Crippen molar-refractivity contribution in [1.82, 2.24) is 15.0 Å². The van der Waals surface area contributed by atoms with E-state index in [0.29, 0.717) is 13.1 Å². The number of carbonyl (C=O) groups is 2. The van der Waals surface area contributed by atoms with Gasteiger partial charge in [-0.25, -0.2) is 0 Å². The smallest absolute Gasteiger partial charge is 0.417 e. The topological polar surface area (TPSA) is 115 Å². The van der Waals surface area contributed by atoms with Crippen molar-refractivity contribution in [2.45, 2.75) is 102 Å². The number of allylic oxidation sites excluding steroid dienone is 1. The van der Waals surface area contributed by atoms with Gasteiger partial charge >= 0.3 is 6.18 Å². The SMILES string of the molecule is CN(C)[C@@H]1c2onc(OCc3ccccc3)c2C(=O)[C@@]2(O[Si](C)(C)C(C)(C)C)C(O)=C3C(=O)c4c(OCc5ccccc5)cc(CN5CCCC5)c(C(F)(F)F)c4C[C@H]3C[C@@H]12. The van der Waals surface area contributed by atoms with Gasteiger partial charge < -0.3 is 23.5 Å². The van der Waals surface area contributed by atoms with E-state index >= 15 is 22.8 Å². The number of hydrogen-bond acceptors (Lipinski definition) is 10. The average Bonchev–Trinajstić information content (AvgIpc) is 3.87. The Morgan fingerprint density at radius 3 is 2.11 bits per heavy atom. The highest BCUT2D eigenvalue weighted by Crippen LogP contribution is 2.60. The Morgan fingerprint density at radius 1 is 0.934 bits per heavy atom. The summed E-state index contributed by atoms with van der Waals surface area (Å²) in [5.41, 5.74) is -1.89. The first-order valence-corrected chi connectivity index (χ1v) is 23.9. The van der Waals surface area contributed by atoms with Gasteiger partial charge in [0.15, 0.2) is 25.5 Å². The molecule has 2 heterocycles. The van der Waals surface area contributed by atoms with Crippen molar-refractivity contribution in [1.29, 1.82) is 0 Å². The first-order chi connectivity index (χ1) is 28.8. The Balaban J connectivity index is 1.33. The molecule has 14 heteroatoms. The van der Waals surface area contributed by atoms with Gasteiger partial charge in [-0.3, -0.25) is 19.4 Å². The number of hydrogen-bond donors (Lipinski definition) is 1. The van der Waals surface area contributed by atoms with Gasteiger partial charge in [-0.1, -0.05) is 81.4 Å². The molecule has 0 unspecified atom stereocenters. The molecule has 1 aliphatic heterocycles. The summed E-state index contributed by atoms with van der Waals surface area (Å²) in [5.74, 6) is -3.74. The predicted molar refractivity (Wildman–Crippen MR) is 225 cm³/mol. The molecule has 0 saturated carbocycles. The molecule has 0 spiro atoms. The summed E-state index contributed by atoms with van der Waals surface area (Å²) in [6, 6.07) is 19.1. The summed E-state index contributed by atoms with van der Waals surface area (Å²) in [7, 11) is 0.568. The maximum atomic E-state index is 15.6. The van der Waals surface area contributed by atoms with Crippen LogP contribution in [0.15, 0.2) is 82.6 Å². The number of alkyl halides is 3. The summed E-state index contributed by atoms with van der Waals surface area (Å²) in [6.45, 7) is 11.4. The molecule has 8 rings (SSSR count). The fourth-order valence-corrected chi connectivity index (χ4v) is 11.0. The monoisotopic (exact) mass is 857 g/mol.